The van der Waals surface area contributed by atoms with Gasteiger partial charge in [0.05, 0.1) is 18.1 Å². The van der Waals surface area contributed by atoms with Crippen LogP contribution >= 0.6 is 7.75 Å². The van der Waals surface area contributed by atoms with Crippen LogP contribution in [-0.2, 0) is 14.1 Å². The predicted molar refractivity (Wildman–Crippen MR) is 127 cm³/mol. The fourth-order valence-electron chi connectivity index (χ4n) is 3.64. The number of carbonyl (C=O) groups is 1. The molecule has 14 heteroatoms. The monoisotopic (exact) mass is 545 g/mol. The molecule has 1 aliphatic heterocycles. The number of nitro groups is 1. The van der Waals surface area contributed by atoms with Gasteiger partial charge in [-0.3, -0.25) is 19.8 Å². The van der Waals surface area contributed by atoms with Crippen molar-refractivity contribution in [1.29, 1.82) is 0 Å². The second-order valence-corrected chi connectivity index (χ2v) is 10.2. The number of para-hydroxylation sites is 1. The maximum atomic E-state index is 13.5. The summed E-state index contributed by atoms with van der Waals surface area (Å²) < 4.78 is 67.6. The molecule has 2 aromatic rings. The number of nitro benzene ring substituents is 1. The molecule has 1 fully saturated rings. The molecule has 0 radical (unpaired) electrons. The van der Waals surface area contributed by atoms with Gasteiger partial charge in [-0.05, 0) is 63.0 Å². The summed E-state index contributed by atoms with van der Waals surface area (Å²) in [6.45, 7) is 0.940. The third-order valence-electron chi connectivity index (χ3n) is 5.52. The number of nitrogens with zero attached hydrogens (tertiary/aromatic N) is 2. The zero-order valence-corrected chi connectivity index (χ0v) is 20.8. The highest BCUT2D eigenvalue weighted by molar-refractivity contribution is 7.52. The lowest BCUT2D eigenvalue weighted by Crippen LogP contribution is -2.41. The van der Waals surface area contributed by atoms with Crippen LogP contribution in [0, 0.1) is 16.0 Å². The van der Waals surface area contributed by atoms with Crippen molar-refractivity contribution in [3.05, 3.63) is 64.7 Å². The number of likely N-dealkylation sites (tertiary alicyclic amines) is 1. The molecular formula is C23H27F3N3O7P. The van der Waals surface area contributed by atoms with Crippen molar-refractivity contribution in [1.82, 2.24) is 9.99 Å². The number of hydrogen-bond donors (Lipinski definition) is 1. The summed E-state index contributed by atoms with van der Waals surface area (Å²) in [5.41, 5.74) is -0.194. The zero-order valence-electron chi connectivity index (χ0n) is 19.9. The van der Waals surface area contributed by atoms with Crippen molar-refractivity contribution >= 4 is 19.4 Å². The fourth-order valence-corrected chi connectivity index (χ4v) is 5.16. The topological polar surface area (TPSA) is 120 Å². The Labute approximate surface area is 211 Å². The van der Waals surface area contributed by atoms with Crippen molar-refractivity contribution in [3.63, 3.8) is 0 Å². The number of rotatable bonds is 11. The van der Waals surface area contributed by atoms with Crippen molar-refractivity contribution in [2.45, 2.75) is 32.0 Å². The molecule has 0 bridgehead atoms. The van der Waals surface area contributed by atoms with Gasteiger partial charge in [0, 0.05) is 12.1 Å². The molecular weight excluding hydrogens is 518 g/mol. The molecule has 0 saturated carbocycles. The fraction of sp³-hybridized carbons (Fsp3) is 0.435. The number of ether oxygens (including phenoxy) is 1. The third kappa shape index (κ3) is 9.34. The van der Waals surface area contributed by atoms with Gasteiger partial charge in [0.25, 0.3) is 5.69 Å². The summed E-state index contributed by atoms with van der Waals surface area (Å²) in [4.78, 5) is 24.2. The first kappa shape index (κ1) is 28.4. The Bertz CT molecular complexity index is 1100. The highest BCUT2D eigenvalue weighted by Crippen LogP contribution is 2.45. The van der Waals surface area contributed by atoms with E-state index < -0.39 is 37.4 Å². The summed E-state index contributed by atoms with van der Waals surface area (Å²) in [7, 11) is -4.23. The first-order valence-corrected chi connectivity index (χ1v) is 13.0. The molecule has 1 unspecified atom stereocenters. The van der Waals surface area contributed by atoms with Gasteiger partial charge in [-0.2, -0.15) is 18.3 Å². The SMILES string of the molecule is C[C@H](NP(=O)(Oc1ccccc1)Oc1ccc([N+](=O)[O-])cc1)C(=O)OCC1CCN(CC(F)(F)F)CC1. The molecule has 0 aromatic heterocycles. The van der Waals surface area contributed by atoms with Crippen LogP contribution in [0.15, 0.2) is 54.6 Å². The van der Waals surface area contributed by atoms with Gasteiger partial charge in [-0.25, -0.2) is 4.57 Å². The molecule has 1 heterocycles. The molecule has 1 saturated heterocycles. The van der Waals surface area contributed by atoms with E-state index in [0.29, 0.717) is 12.8 Å². The molecule has 3 rings (SSSR count). The van der Waals surface area contributed by atoms with Crippen LogP contribution in [-0.4, -0.2) is 54.3 Å². The summed E-state index contributed by atoms with van der Waals surface area (Å²) >= 11 is 0. The first-order chi connectivity index (χ1) is 17.4. The standard InChI is InChI=1S/C23H27F3N3O7P/c1-17(22(30)34-15-18-11-13-28(14-12-18)16-23(24,25)26)27-37(33,35-20-5-3-2-4-6-20)36-21-9-7-19(8-10-21)29(31)32/h2-10,17-18H,11-16H2,1H3,(H,27,33)/t17-,37?/m0/s1. The van der Waals surface area contributed by atoms with Gasteiger partial charge in [-0.15, -0.1) is 0 Å². The lowest BCUT2D eigenvalue weighted by atomic mass is 9.98. The number of esters is 1. The predicted octanol–water partition coefficient (Wildman–Crippen LogP) is 4.96. The molecule has 2 aromatic carbocycles. The van der Waals surface area contributed by atoms with Gasteiger partial charge >= 0.3 is 19.9 Å². The Kier molecular flexibility index (Phi) is 9.52. The molecule has 0 spiro atoms. The van der Waals surface area contributed by atoms with Crippen LogP contribution in [0.5, 0.6) is 11.5 Å². The van der Waals surface area contributed by atoms with Crippen molar-refractivity contribution < 1.29 is 41.2 Å². The van der Waals surface area contributed by atoms with E-state index in [4.69, 9.17) is 13.8 Å². The Morgan fingerprint density at radius 2 is 1.68 bits per heavy atom. The van der Waals surface area contributed by atoms with Crippen molar-refractivity contribution in [3.8, 4) is 11.5 Å². The number of hydrogen-bond acceptors (Lipinski definition) is 8. The average Bonchev–Trinajstić information content (AvgIpc) is 2.83. The zero-order chi connectivity index (χ0) is 27.1. The van der Waals surface area contributed by atoms with E-state index in [-0.39, 0.29) is 42.8 Å². The minimum atomic E-state index is -4.26. The molecule has 0 amide bonds. The summed E-state index contributed by atoms with van der Waals surface area (Å²) in [6, 6.07) is 11.7. The van der Waals surface area contributed by atoms with Crippen molar-refractivity contribution in [2.75, 3.05) is 26.2 Å². The molecule has 1 aliphatic rings. The second kappa shape index (κ2) is 12.4. The van der Waals surface area contributed by atoms with Gasteiger partial charge < -0.3 is 13.8 Å². The van der Waals surface area contributed by atoms with Gasteiger partial charge in [-0.1, -0.05) is 18.2 Å². The van der Waals surface area contributed by atoms with Crippen LogP contribution in [0.4, 0.5) is 18.9 Å². The molecule has 37 heavy (non-hydrogen) atoms. The summed E-state index contributed by atoms with van der Waals surface area (Å²) in [5, 5.41) is 13.4. The number of alkyl halides is 3. The molecule has 10 nitrogen and oxygen atoms in total. The van der Waals surface area contributed by atoms with Crippen LogP contribution in [0.2, 0.25) is 0 Å². The maximum absolute atomic E-state index is 13.5. The summed E-state index contributed by atoms with van der Waals surface area (Å²) in [5.74, 6) is -0.652. The lowest BCUT2D eigenvalue weighted by molar-refractivity contribution is -0.384. The number of carbonyl (C=O) groups excluding carboxylic acids is 1. The average molecular weight is 545 g/mol. The maximum Gasteiger partial charge on any atom is 0.513 e. The van der Waals surface area contributed by atoms with Crippen molar-refractivity contribution in [2.24, 2.45) is 5.92 Å². The Hall–Kier alpha value is -3.15. The Morgan fingerprint density at radius 1 is 1.11 bits per heavy atom. The van der Waals surface area contributed by atoms with E-state index >= 15 is 0 Å². The number of non-ortho nitro benzene ring substituents is 1. The van der Waals surface area contributed by atoms with E-state index in [2.05, 4.69) is 5.09 Å². The Balaban J connectivity index is 1.59. The van der Waals surface area contributed by atoms with E-state index in [1.807, 2.05) is 0 Å². The summed E-state index contributed by atoms with van der Waals surface area (Å²) in [6.07, 6.45) is -3.36. The minimum absolute atomic E-state index is 0.00329. The largest absolute Gasteiger partial charge is 0.513 e. The molecule has 2 atom stereocenters. The molecule has 1 N–H and O–H groups in total. The van der Waals surface area contributed by atoms with Crippen LogP contribution in [0.1, 0.15) is 19.8 Å². The normalized spacial score (nSPS) is 17.4. The minimum Gasteiger partial charge on any atom is -0.464 e. The van der Waals surface area contributed by atoms with E-state index in [1.54, 1.807) is 18.2 Å². The van der Waals surface area contributed by atoms with Gasteiger partial charge in [0.2, 0.25) is 0 Å². The van der Waals surface area contributed by atoms with E-state index in [1.165, 1.54) is 48.2 Å². The number of benzene rings is 2. The Morgan fingerprint density at radius 3 is 2.22 bits per heavy atom. The van der Waals surface area contributed by atoms with Crippen LogP contribution < -0.4 is 14.1 Å². The third-order valence-corrected chi connectivity index (χ3v) is 7.12. The van der Waals surface area contributed by atoms with Crippen LogP contribution in [0.3, 0.4) is 0 Å². The molecule has 202 valence electrons. The number of halogens is 3. The molecule has 0 aliphatic carbocycles. The number of nitrogens with one attached hydrogen (secondary N) is 1. The first-order valence-electron chi connectivity index (χ1n) is 11.4. The smallest absolute Gasteiger partial charge is 0.464 e. The lowest BCUT2D eigenvalue weighted by Gasteiger charge is -2.32. The van der Waals surface area contributed by atoms with Crippen LogP contribution in [0.25, 0.3) is 0 Å². The van der Waals surface area contributed by atoms with E-state index in [0.717, 1.165) is 0 Å². The highest BCUT2D eigenvalue weighted by Gasteiger charge is 2.35. The van der Waals surface area contributed by atoms with E-state index in [9.17, 15) is 32.6 Å². The quantitative estimate of drug-likeness (QED) is 0.181. The highest BCUT2D eigenvalue weighted by atomic mass is 31.2. The van der Waals surface area contributed by atoms with Gasteiger partial charge in [0.1, 0.15) is 17.5 Å². The number of piperidine rings is 1. The second-order valence-electron chi connectivity index (χ2n) is 8.56. The van der Waals surface area contributed by atoms with Gasteiger partial charge in [0.15, 0.2) is 0 Å².